The Morgan fingerprint density at radius 1 is 1.25 bits per heavy atom. The molecule has 1 atom stereocenters. The van der Waals surface area contributed by atoms with Crippen molar-refractivity contribution >= 4 is 11.7 Å². The molecule has 0 saturated heterocycles. The van der Waals surface area contributed by atoms with E-state index in [-0.39, 0.29) is 24.0 Å². The van der Waals surface area contributed by atoms with Crippen LogP contribution >= 0.6 is 0 Å². The number of hydrogen-bond acceptors (Lipinski definition) is 6. The molecule has 28 heavy (non-hydrogen) atoms. The van der Waals surface area contributed by atoms with Crippen LogP contribution in [0.2, 0.25) is 0 Å². The number of hydrogen-bond donors (Lipinski definition) is 2. The molecule has 3 aromatic rings. The van der Waals surface area contributed by atoms with Gasteiger partial charge in [0.25, 0.3) is 11.5 Å². The molecular weight excluding hydrogens is 362 g/mol. The molecule has 144 valence electrons. The van der Waals surface area contributed by atoms with Crippen LogP contribution in [0.15, 0.2) is 35.1 Å². The number of carbonyl (C=O) groups excluding carboxylic acids is 1. The highest BCUT2D eigenvalue weighted by Gasteiger charge is 2.28. The molecule has 3 heterocycles. The number of aryl methyl sites for hydroxylation is 2. The molecule has 1 unspecified atom stereocenters. The van der Waals surface area contributed by atoms with Gasteiger partial charge in [-0.1, -0.05) is 12.1 Å². The van der Waals surface area contributed by atoms with Crippen molar-refractivity contribution in [3.63, 3.8) is 0 Å². The first-order valence-electron chi connectivity index (χ1n) is 8.76. The molecule has 2 aromatic heterocycles. The van der Waals surface area contributed by atoms with Crippen molar-refractivity contribution in [2.45, 2.75) is 26.9 Å². The van der Waals surface area contributed by atoms with Gasteiger partial charge in [0.2, 0.25) is 12.1 Å². The Morgan fingerprint density at radius 2 is 2.00 bits per heavy atom. The molecule has 0 spiro atoms. The number of aromatic nitrogens is 4. The molecule has 9 nitrogen and oxygen atoms in total. The topological polar surface area (TPSA) is 111 Å². The number of fused-ring (bicyclic) bond motifs is 1. The third kappa shape index (κ3) is 3.22. The Labute approximate surface area is 160 Å². The van der Waals surface area contributed by atoms with Crippen LogP contribution in [0.25, 0.3) is 5.95 Å². The van der Waals surface area contributed by atoms with E-state index in [9.17, 15) is 9.59 Å². The number of benzene rings is 1. The zero-order valence-corrected chi connectivity index (χ0v) is 15.6. The number of para-hydroxylation sites is 2. The number of anilines is 1. The van der Waals surface area contributed by atoms with Crippen molar-refractivity contribution in [3.05, 3.63) is 57.6 Å². The fourth-order valence-electron chi connectivity index (χ4n) is 2.84. The molecule has 0 aliphatic carbocycles. The average molecular weight is 381 g/mol. The highest BCUT2D eigenvalue weighted by Crippen LogP contribution is 2.31. The molecule has 0 radical (unpaired) electrons. The summed E-state index contributed by atoms with van der Waals surface area (Å²) in [6, 6.07) is 8.85. The first-order valence-corrected chi connectivity index (χ1v) is 8.76. The minimum absolute atomic E-state index is 0.0920. The van der Waals surface area contributed by atoms with Gasteiger partial charge in [-0.2, -0.15) is 9.78 Å². The van der Waals surface area contributed by atoms with Crippen molar-refractivity contribution < 1.29 is 14.3 Å². The lowest BCUT2D eigenvalue weighted by Crippen LogP contribution is -2.40. The molecule has 2 N–H and O–H groups in total. The van der Waals surface area contributed by atoms with Crippen molar-refractivity contribution in [1.29, 1.82) is 0 Å². The molecular formula is C19H19N5O4. The second-order valence-corrected chi connectivity index (χ2v) is 6.54. The first kappa shape index (κ1) is 17.8. The van der Waals surface area contributed by atoms with E-state index in [2.05, 4.69) is 20.4 Å². The number of rotatable bonds is 3. The normalized spacial score (nSPS) is 15.3. The van der Waals surface area contributed by atoms with Crippen LogP contribution in [0.1, 0.15) is 17.0 Å². The number of H-pyrrole nitrogens is 1. The molecule has 9 heteroatoms. The third-order valence-corrected chi connectivity index (χ3v) is 4.47. The van der Waals surface area contributed by atoms with Crippen LogP contribution in [0.3, 0.4) is 0 Å². The Hall–Kier alpha value is -3.62. The van der Waals surface area contributed by atoms with Gasteiger partial charge in [-0.15, -0.1) is 0 Å². The summed E-state index contributed by atoms with van der Waals surface area (Å²) < 4.78 is 12.7. The minimum Gasteiger partial charge on any atom is -0.485 e. The van der Waals surface area contributed by atoms with Gasteiger partial charge >= 0.3 is 0 Å². The highest BCUT2D eigenvalue weighted by molar-refractivity contribution is 5.94. The van der Waals surface area contributed by atoms with Crippen LogP contribution in [0, 0.1) is 20.8 Å². The van der Waals surface area contributed by atoms with E-state index in [4.69, 9.17) is 9.47 Å². The van der Waals surface area contributed by atoms with Gasteiger partial charge in [0.1, 0.15) is 12.4 Å². The molecule has 4 rings (SSSR count). The zero-order valence-electron chi connectivity index (χ0n) is 15.6. The van der Waals surface area contributed by atoms with Crippen molar-refractivity contribution in [2.24, 2.45) is 0 Å². The third-order valence-electron chi connectivity index (χ3n) is 4.47. The predicted molar refractivity (Wildman–Crippen MR) is 101 cm³/mol. The minimum atomic E-state index is -0.815. The Balaban J connectivity index is 1.60. The maximum absolute atomic E-state index is 12.7. The Kier molecular flexibility index (Phi) is 4.34. The Morgan fingerprint density at radius 3 is 2.75 bits per heavy atom. The summed E-state index contributed by atoms with van der Waals surface area (Å²) in [5.41, 5.74) is 1.52. The second kappa shape index (κ2) is 6.84. The van der Waals surface area contributed by atoms with Crippen LogP contribution in [0.5, 0.6) is 11.5 Å². The summed E-state index contributed by atoms with van der Waals surface area (Å²) in [6.45, 7) is 5.31. The van der Waals surface area contributed by atoms with Gasteiger partial charge in [0, 0.05) is 17.3 Å². The molecule has 1 amide bonds. The van der Waals surface area contributed by atoms with Gasteiger partial charge in [-0.3, -0.25) is 14.6 Å². The van der Waals surface area contributed by atoms with Crippen LogP contribution < -0.4 is 20.3 Å². The average Bonchev–Trinajstić information content (AvgIpc) is 3.05. The fraction of sp³-hybridized carbons (Fsp3) is 0.263. The predicted octanol–water partition coefficient (Wildman–Crippen LogP) is 1.66. The number of nitrogens with one attached hydrogen (secondary N) is 2. The maximum atomic E-state index is 12.7. The number of ether oxygens (including phenoxy) is 2. The van der Waals surface area contributed by atoms with Crippen molar-refractivity contribution in [1.82, 2.24) is 19.7 Å². The van der Waals surface area contributed by atoms with E-state index in [1.54, 1.807) is 39.0 Å². The van der Waals surface area contributed by atoms with E-state index in [0.29, 0.717) is 34.3 Å². The van der Waals surface area contributed by atoms with Crippen LogP contribution in [-0.2, 0) is 4.79 Å². The lowest BCUT2D eigenvalue weighted by Gasteiger charge is -2.25. The van der Waals surface area contributed by atoms with Crippen LogP contribution in [0.4, 0.5) is 5.82 Å². The lowest BCUT2D eigenvalue weighted by molar-refractivity contribution is -0.125. The summed E-state index contributed by atoms with van der Waals surface area (Å²) in [5, 5.41) is 7.10. The van der Waals surface area contributed by atoms with Crippen molar-refractivity contribution in [3.8, 4) is 17.4 Å². The van der Waals surface area contributed by atoms with Crippen LogP contribution in [-0.4, -0.2) is 38.4 Å². The molecule has 0 bridgehead atoms. The maximum Gasteiger partial charge on any atom is 0.270 e. The molecule has 1 aliphatic heterocycles. The standard InChI is InChI=1S/C19H19N5O4/c1-10-8-16(24(23-10)19-20-12(3)11(2)17(25)22-19)21-18(26)15-9-27-13-6-4-5-7-14(13)28-15/h4-8,15H,9H2,1-3H3,(H,21,26)(H,20,22,25). The quantitative estimate of drug-likeness (QED) is 0.714. The highest BCUT2D eigenvalue weighted by atomic mass is 16.6. The van der Waals surface area contributed by atoms with E-state index < -0.39 is 6.10 Å². The van der Waals surface area contributed by atoms with Gasteiger partial charge in [-0.25, -0.2) is 4.98 Å². The number of nitrogens with zero attached hydrogens (tertiary/aromatic N) is 3. The summed E-state index contributed by atoms with van der Waals surface area (Å²) in [6.07, 6.45) is -0.815. The van der Waals surface area contributed by atoms with Gasteiger partial charge in [0.05, 0.1) is 5.69 Å². The SMILES string of the molecule is Cc1cc(NC(=O)C2COc3ccccc3O2)n(-c2nc(C)c(C)c(=O)[nH]2)n1. The second-order valence-electron chi connectivity index (χ2n) is 6.54. The van der Waals surface area contributed by atoms with E-state index >= 15 is 0 Å². The van der Waals surface area contributed by atoms with E-state index in [1.807, 2.05) is 12.1 Å². The van der Waals surface area contributed by atoms with Gasteiger partial charge < -0.3 is 14.8 Å². The lowest BCUT2D eigenvalue weighted by atomic mass is 10.2. The Bertz CT molecular complexity index is 1120. The number of carbonyl (C=O) groups is 1. The smallest absolute Gasteiger partial charge is 0.270 e. The zero-order chi connectivity index (χ0) is 19.8. The van der Waals surface area contributed by atoms with E-state index in [0.717, 1.165) is 0 Å². The summed E-state index contributed by atoms with van der Waals surface area (Å²) in [7, 11) is 0. The summed E-state index contributed by atoms with van der Waals surface area (Å²) in [5.74, 6) is 1.32. The fourth-order valence-corrected chi connectivity index (χ4v) is 2.84. The number of aromatic amines is 1. The molecule has 1 aromatic carbocycles. The largest absolute Gasteiger partial charge is 0.485 e. The summed E-state index contributed by atoms with van der Waals surface area (Å²) in [4.78, 5) is 31.8. The van der Waals surface area contributed by atoms with Crippen molar-refractivity contribution in [2.75, 3.05) is 11.9 Å². The van der Waals surface area contributed by atoms with E-state index in [1.165, 1.54) is 4.68 Å². The van der Waals surface area contributed by atoms with Gasteiger partial charge in [0.15, 0.2) is 11.5 Å². The monoisotopic (exact) mass is 381 g/mol. The molecule has 0 saturated carbocycles. The summed E-state index contributed by atoms with van der Waals surface area (Å²) >= 11 is 0. The molecule has 1 aliphatic rings. The first-order chi connectivity index (χ1) is 13.4. The number of amides is 1. The molecule has 0 fully saturated rings. The van der Waals surface area contributed by atoms with Gasteiger partial charge in [-0.05, 0) is 32.9 Å².